The standard InChI is InChI=1S/C12H19N/c1-5-8-9-10-12(4)13(7-3)11-6-2/h5-7,10-11H,1,3,8-9H2,2,4H3/b11-6-,12-10+. The van der Waals surface area contributed by atoms with Crippen LogP contribution in [0, 0.1) is 0 Å². The van der Waals surface area contributed by atoms with Crippen molar-refractivity contribution in [1.29, 1.82) is 0 Å². The molecule has 0 bridgehead atoms. The Morgan fingerprint density at radius 3 is 2.46 bits per heavy atom. The summed E-state index contributed by atoms with van der Waals surface area (Å²) in [6.45, 7) is 11.5. The molecular weight excluding hydrogens is 158 g/mol. The highest BCUT2D eigenvalue weighted by atomic mass is 15.1. The molecule has 0 amide bonds. The maximum absolute atomic E-state index is 3.74. The van der Waals surface area contributed by atoms with E-state index in [9.17, 15) is 0 Å². The van der Waals surface area contributed by atoms with E-state index in [-0.39, 0.29) is 0 Å². The molecule has 0 saturated heterocycles. The Balaban J connectivity index is 4.17. The van der Waals surface area contributed by atoms with E-state index in [2.05, 4.69) is 26.2 Å². The fourth-order valence-corrected chi connectivity index (χ4v) is 0.999. The van der Waals surface area contributed by atoms with Crippen LogP contribution in [-0.4, -0.2) is 4.90 Å². The van der Waals surface area contributed by atoms with Gasteiger partial charge in [-0.25, -0.2) is 0 Å². The van der Waals surface area contributed by atoms with Crippen LogP contribution in [0.3, 0.4) is 0 Å². The van der Waals surface area contributed by atoms with Gasteiger partial charge >= 0.3 is 0 Å². The zero-order valence-corrected chi connectivity index (χ0v) is 8.66. The van der Waals surface area contributed by atoms with Crippen LogP contribution in [0.4, 0.5) is 0 Å². The molecule has 0 aromatic carbocycles. The molecule has 0 fully saturated rings. The third kappa shape index (κ3) is 5.07. The van der Waals surface area contributed by atoms with Gasteiger partial charge in [0.1, 0.15) is 0 Å². The average Bonchev–Trinajstić information content (AvgIpc) is 2.14. The summed E-state index contributed by atoms with van der Waals surface area (Å²) >= 11 is 0. The fraction of sp³-hybridized carbons (Fsp3) is 0.333. The Bertz CT molecular complexity index is 211. The Labute approximate surface area is 81.8 Å². The van der Waals surface area contributed by atoms with Crippen LogP contribution in [0.1, 0.15) is 26.7 Å². The van der Waals surface area contributed by atoms with Gasteiger partial charge in [0.25, 0.3) is 0 Å². The Kier molecular flexibility index (Phi) is 6.70. The van der Waals surface area contributed by atoms with E-state index in [0.29, 0.717) is 0 Å². The molecule has 0 N–H and O–H groups in total. The first-order chi connectivity index (χ1) is 6.26. The minimum atomic E-state index is 1.03. The first kappa shape index (κ1) is 11.8. The molecule has 1 nitrogen and oxygen atoms in total. The molecule has 0 saturated carbocycles. The topological polar surface area (TPSA) is 3.24 Å². The Hall–Kier alpha value is -1.24. The molecule has 0 heterocycles. The largest absolute Gasteiger partial charge is 0.329 e. The van der Waals surface area contributed by atoms with Crippen molar-refractivity contribution < 1.29 is 0 Å². The predicted molar refractivity (Wildman–Crippen MR) is 60.0 cm³/mol. The molecule has 0 rings (SSSR count). The van der Waals surface area contributed by atoms with Gasteiger partial charge < -0.3 is 4.90 Å². The van der Waals surface area contributed by atoms with Crippen LogP contribution in [-0.2, 0) is 0 Å². The van der Waals surface area contributed by atoms with E-state index < -0.39 is 0 Å². The van der Waals surface area contributed by atoms with Crippen molar-refractivity contribution in [2.24, 2.45) is 0 Å². The summed E-state index contributed by atoms with van der Waals surface area (Å²) in [4.78, 5) is 2.00. The zero-order valence-electron chi connectivity index (χ0n) is 8.66. The van der Waals surface area contributed by atoms with Gasteiger partial charge in [-0.3, -0.25) is 0 Å². The number of hydrogen-bond donors (Lipinski definition) is 0. The van der Waals surface area contributed by atoms with E-state index in [0.717, 1.165) is 12.8 Å². The van der Waals surface area contributed by atoms with Crippen LogP contribution in [0.5, 0.6) is 0 Å². The summed E-state index contributed by atoms with van der Waals surface area (Å²) < 4.78 is 0. The Morgan fingerprint density at radius 1 is 1.31 bits per heavy atom. The molecule has 0 aromatic rings. The lowest BCUT2D eigenvalue weighted by molar-refractivity contribution is 0.625. The maximum Gasteiger partial charge on any atom is 0.0149 e. The Morgan fingerprint density at radius 2 is 2.00 bits per heavy atom. The molecular formula is C12H19N. The average molecular weight is 177 g/mol. The minimum Gasteiger partial charge on any atom is -0.329 e. The van der Waals surface area contributed by atoms with Gasteiger partial charge in [-0.15, -0.1) is 6.58 Å². The third-order valence-corrected chi connectivity index (χ3v) is 1.72. The summed E-state index contributed by atoms with van der Waals surface area (Å²) in [6.07, 6.45) is 12.0. The summed E-state index contributed by atoms with van der Waals surface area (Å²) in [7, 11) is 0. The van der Waals surface area contributed by atoms with Gasteiger partial charge in [0.15, 0.2) is 0 Å². The molecule has 0 aliphatic rings. The first-order valence-electron chi connectivity index (χ1n) is 4.57. The second-order valence-electron chi connectivity index (χ2n) is 2.78. The molecule has 0 aromatic heterocycles. The van der Waals surface area contributed by atoms with E-state index in [4.69, 9.17) is 0 Å². The van der Waals surface area contributed by atoms with Crippen molar-refractivity contribution in [2.75, 3.05) is 0 Å². The van der Waals surface area contributed by atoms with Crippen LogP contribution >= 0.6 is 0 Å². The molecule has 0 unspecified atom stereocenters. The van der Waals surface area contributed by atoms with E-state index >= 15 is 0 Å². The van der Waals surface area contributed by atoms with Crippen molar-refractivity contribution in [3.8, 4) is 0 Å². The van der Waals surface area contributed by atoms with Gasteiger partial charge in [-0.05, 0) is 26.7 Å². The van der Waals surface area contributed by atoms with Gasteiger partial charge in [0, 0.05) is 18.1 Å². The van der Waals surface area contributed by atoms with E-state index in [1.807, 2.05) is 30.2 Å². The quantitative estimate of drug-likeness (QED) is 0.440. The molecule has 72 valence electrons. The van der Waals surface area contributed by atoms with Crippen molar-refractivity contribution in [3.05, 3.63) is 49.5 Å². The lowest BCUT2D eigenvalue weighted by atomic mass is 10.2. The van der Waals surface area contributed by atoms with E-state index in [1.165, 1.54) is 5.70 Å². The lowest BCUT2D eigenvalue weighted by Crippen LogP contribution is -2.05. The number of nitrogens with zero attached hydrogens (tertiary/aromatic N) is 1. The number of hydrogen-bond acceptors (Lipinski definition) is 1. The summed E-state index contributed by atoms with van der Waals surface area (Å²) in [5.74, 6) is 0. The third-order valence-electron chi connectivity index (χ3n) is 1.72. The molecule has 0 aliphatic heterocycles. The molecule has 0 aliphatic carbocycles. The van der Waals surface area contributed by atoms with Crippen LogP contribution in [0.25, 0.3) is 0 Å². The lowest BCUT2D eigenvalue weighted by Gasteiger charge is -2.15. The smallest absolute Gasteiger partial charge is 0.0149 e. The monoisotopic (exact) mass is 177 g/mol. The summed E-state index contributed by atoms with van der Waals surface area (Å²) in [5.41, 5.74) is 1.20. The SMILES string of the molecule is C=CCC/C=C(\C)N(C=C)/C=C\C. The van der Waals surface area contributed by atoms with Crippen LogP contribution < -0.4 is 0 Å². The second-order valence-corrected chi connectivity index (χ2v) is 2.78. The first-order valence-corrected chi connectivity index (χ1v) is 4.57. The highest BCUT2D eigenvalue weighted by Crippen LogP contribution is 2.06. The second kappa shape index (κ2) is 7.41. The van der Waals surface area contributed by atoms with Crippen molar-refractivity contribution in [1.82, 2.24) is 4.90 Å². The van der Waals surface area contributed by atoms with Crippen LogP contribution in [0.15, 0.2) is 49.5 Å². The summed E-state index contributed by atoms with van der Waals surface area (Å²) in [6, 6.07) is 0. The maximum atomic E-state index is 3.74. The molecule has 1 heteroatoms. The summed E-state index contributed by atoms with van der Waals surface area (Å²) in [5, 5.41) is 0. The van der Waals surface area contributed by atoms with Crippen molar-refractivity contribution in [2.45, 2.75) is 26.7 Å². The minimum absolute atomic E-state index is 1.03. The van der Waals surface area contributed by atoms with Crippen LogP contribution in [0.2, 0.25) is 0 Å². The normalized spacial score (nSPS) is 11.7. The molecule has 13 heavy (non-hydrogen) atoms. The van der Waals surface area contributed by atoms with Crippen molar-refractivity contribution in [3.63, 3.8) is 0 Å². The number of unbranched alkanes of at least 4 members (excludes halogenated alkanes) is 1. The van der Waals surface area contributed by atoms with Gasteiger partial charge in [0.05, 0.1) is 0 Å². The number of allylic oxidation sites excluding steroid dienone is 4. The zero-order chi connectivity index (χ0) is 10.1. The van der Waals surface area contributed by atoms with Gasteiger partial charge in [-0.2, -0.15) is 0 Å². The van der Waals surface area contributed by atoms with E-state index in [1.54, 1.807) is 6.20 Å². The fourth-order valence-electron chi connectivity index (χ4n) is 0.999. The highest BCUT2D eigenvalue weighted by Gasteiger charge is 1.93. The van der Waals surface area contributed by atoms with Gasteiger partial charge in [0.2, 0.25) is 0 Å². The van der Waals surface area contributed by atoms with Crippen molar-refractivity contribution >= 4 is 0 Å². The molecule has 0 atom stereocenters. The molecule has 0 radical (unpaired) electrons. The number of rotatable bonds is 6. The highest BCUT2D eigenvalue weighted by molar-refractivity contribution is 5.06. The van der Waals surface area contributed by atoms with Gasteiger partial charge in [-0.1, -0.05) is 24.8 Å². The molecule has 0 spiro atoms. The predicted octanol–water partition coefficient (Wildman–Crippen LogP) is 3.84.